The minimum atomic E-state index is 0.416. The lowest BCUT2D eigenvalue weighted by Gasteiger charge is -1.92. The monoisotopic (exact) mass is 189 g/mol. The van der Waals surface area contributed by atoms with Crippen molar-refractivity contribution in [2.45, 2.75) is 13.8 Å². The van der Waals surface area contributed by atoms with E-state index in [2.05, 4.69) is 26.0 Å². The maximum atomic E-state index is 7.91. The van der Waals surface area contributed by atoms with Crippen molar-refractivity contribution in [3.8, 4) is 0 Å². The summed E-state index contributed by atoms with van der Waals surface area (Å²) in [5.74, 6) is 0. The highest BCUT2D eigenvalue weighted by Gasteiger charge is 1.89. The molecule has 0 aliphatic heterocycles. The first kappa shape index (κ1) is 8.53. The van der Waals surface area contributed by atoms with Gasteiger partial charge in [-0.25, -0.2) is 0 Å². The lowest BCUT2D eigenvalue weighted by Crippen LogP contribution is -1.78. The highest BCUT2D eigenvalue weighted by Crippen LogP contribution is 2.10. The zero-order valence-electron chi connectivity index (χ0n) is 5.43. The van der Waals surface area contributed by atoms with Gasteiger partial charge in [-0.1, -0.05) is 26.6 Å². The third-order valence-corrected chi connectivity index (χ3v) is 1.86. The molecule has 50 valence electrons. The normalized spacial score (nSPS) is 7.89. The number of nitrogens with zero attached hydrogens (tertiary/aromatic N) is 3. The van der Waals surface area contributed by atoms with E-state index in [9.17, 15) is 0 Å². The SMILES string of the molecule is CC(C)=C(Br)CN=[N+]=[N-]. The van der Waals surface area contributed by atoms with Gasteiger partial charge < -0.3 is 0 Å². The summed E-state index contributed by atoms with van der Waals surface area (Å²) in [5.41, 5.74) is 9.05. The van der Waals surface area contributed by atoms with Gasteiger partial charge in [-0.15, -0.1) is 0 Å². The van der Waals surface area contributed by atoms with Crippen LogP contribution in [0.1, 0.15) is 13.8 Å². The van der Waals surface area contributed by atoms with Gasteiger partial charge >= 0.3 is 0 Å². The van der Waals surface area contributed by atoms with Crippen molar-refractivity contribution in [3.05, 3.63) is 20.5 Å². The fourth-order valence-electron chi connectivity index (χ4n) is 0.252. The third kappa shape index (κ3) is 4.06. The van der Waals surface area contributed by atoms with Crippen LogP contribution in [0.2, 0.25) is 0 Å². The lowest BCUT2D eigenvalue weighted by atomic mass is 10.3. The number of hydrogen-bond donors (Lipinski definition) is 0. The molecule has 0 aromatic rings. The maximum Gasteiger partial charge on any atom is 0.0576 e. The molecule has 0 aliphatic rings. The molecule has 0 saturated carbocycles. The van der Waals surface area contributed by atoms with Gasteiger partial charge in [0.25, 0.3) is 0 Å². The average molecular weight is 190 g/mol. The zero-order valence-corrected chi connectivity index (χ0v) is 7.01. The van der Waals surface area contributed by atoms with Crippen molar-refractivity contribution >= 4 is 15.9 Å². The van der Waals surface area contributed by atoms with E-state index >= 15 is 0 Å². The van der Waals surface area contributed by atoms with E-state index in [1.54, 1.807) is 0 Å². The van der Waals surface area contributed by atoms with Crippen LogP contribution in [-0.4, -0.2) is 6.54 Å². The number of halogens is 1. The summed E-state index contributed by atoms with van der Waals surface area (Å²) in [7, 11) is 0. The molecular weight excluding hydrogens is 182 g/mol. The van der Waals surface area contributed by atoms with Gasteiger partial charge in [-0.2, -0.15) is 0 Å². The molecule has 0 bridgehead atoms. The Labute approximate surface area is 62.5 Å². The molecule has 4 heteroatoms. The molecule has 0 aliphatic carbocycles. The summed E-state index contributed by atoms with van der Waals surface area (Å²) in [6.45, 7) is 4.33. The molecule has 0 amide bonds. The Morgan fingerprint density at radius 3 is 2.56 bits per heavy atom. The minimum Gasteiger partial charge on any atom is -0.0887 e. The Morgan fingerprint density at radius 1 is 1.67 bits per heavy atom. The van der Waals surface area contributed by atoms with Crippen molar-refractivity contribution < 1.29 is 0 Å². The van der Waals surface area contributed by atoms with Crippen LogP contribution < -0.4 is 0 Å². The summed E-state index contributed by atoms with van der Waals surface area (Å²) >= 11 is 3.26. The van der Waals surface area contributed by atoms with E-state index < -0.39 is 0 Å². The molecule has 0 fully saturated rings. The summed E-state index contributed by atoms with van der Waals surface area (Å²) in [4.78, 5) is 2.62. The van der Waals surface area contributed by atoms with E-state index in [1.807, 2.05) is 13.8 Å². The molecule has 0 unspecified atom stereocenters. The Hall–Kier alpha value is -0.470. The van der Waals surface area contributed by atoms with Crippen LogP contribution >= 0.6 is 15.9 Å². The highest BCUT2D eigenvalue weighted by molar-refractivity contribution is 9.11. The van der Waals surface area contributed by atoms with Crippen LogP contribution in [0.15, 0.2) is 15.2 Å². The van der Waals surface area contributed by atoms with Crippen molar-refractivity contribution in [3.63, 3.8) is 0 Å². The topological polar surface area (TPSA) is 48.8 Å². The molecular formula is C5H8BrN3. The van der Waals surface area contributed by atoms with Gasteiger partial charge in [0, 0.05) is 4.91 Å². The fourth-order valence-corrected chi connectivity index (χ4v) is 0.364. The van der Waals surface area contributed by atoms with Crippen LogP contribution in [0.25, 0.3) is 10.4 Å². The maximum absolute atomic E-state index is 7.91. The summed E-state index contributed by atoms with van der Waals surface area (Å²) in [6, 6.07) is 0. The molecule has 0 N–H and O–H groups in total. The first-order chi connectivity index (χ1) is 4.18. The predicted molar refractivity (Wildman–Crippen MR) is 41.3 cm³/mol. The van der Waals surface area contributed by atoms with Crippen LogP contribution in [0, 0.1) is 0 Å². The molecule has 0 atom stereocenters. The van der Waals surface area contributed by atoms with Crippen molar-refractivity contribution in [2.24, 2.45) is 5.11 Å². The minimum absolute atomic E-state index is 0.416. The van der Waals surface area contributed by atoms with Gasteiger partial charge in [0.05, 0.1) is 6.54 Å². The van der Waals surface area contributed by atoms with Crippen LogP contribution in [0.3, 0.4) is 0 Å². The van der Waals surface area contributed by atoms with Crippen molar-refractivity contribution in [2.75, 3.05) is 6.54 Å². The quantitative estimate of drug-likeness (QED) is 0.365. The molecule has 3 nitrogen and oxygen atoms in total. The van der Waals surface area contributed by atoms with Gasteiger partial charge in [-0.3, -0.25) is 0 Å². The highest BCUT2D eigenvalue weighted by atomic mass is 79.9. The molecule has 0 aromatic carbocycles. The van der Waals surface area contributed by atoms with Crippen LogP contribution in [0.4, 0.5) is 0 Å². The van der Waals surface area contributed by atoms with Crippen molar-refractivity contribution in [1.29, 1.82) is 0 Å². The van der Waals surface area contributed by atoms with Gasteiger partial charge in [0.2, 0.25) is 0 Å². The Kier molecular flexibility index (Phi) is 4.18. The Bertz CT molecular complexity index is 163. The van der Waals surface area contributed by atoms with Crippen molar-refractivity contribution in [1.82, 2.24) is 0 Å². The second-order valence-electron chi connectivity index (χ2n) is 1.79. The summed E-state index contributed by atoms with van der Waals surface area (Å²) in [5, 5.41) is 3.37. The molecule has 0 heterocycles. The number of allylic oxidation sites excluding steroid dienone is 1. The fraction of sp³-hybridized carbons (Fsp3) is 0.600. The first-order valence-electron chi connectivity index (χ1n) is 2.51. The van der Waals surface area contributed by atoms with Crippen LogP contribution in [0.5, 0.6) is 0 Å². The Balaban J connectivity index is 3.91. The second kappa shape index (κ2) is 4.41. The van der Waals surface area contributed by atoms with E-state index in [1.165, 1.54) is 0 Å². The van der Waals surface area contributed by atoms with E-state index in [0.29, 0.717) is 6.54 Å². The van der Waals surface area contributed by atoms with E-state index in [4.69, 9.17) is 5.53 Å². The molecule has 0 saturated heterocycles. The summed E-state index contributed by atoms with van der Waals surface area (Å²) in [6.07, 6.45) is 0. The largest absolute Gasteiger partial charge is 0.0887 e. The third-order valence-electron chi connectivity index (χ3n) is 0.815. The average Bonchev–Trinajstić information content (AvgIpc) is 1.82. The van der Waals surface area contributed by atoms with Gasteiger partial charge in [0.15, 0.2) is 0 Å². The Morgan fingerprint density at radius 2 is 2.22 bits per heavy atom. The van der Waals surface area contributed by atoms with E-state index in [0.717, 1.165) is 10.1 Å². The second-order valence-corrected chi connectivity index (χ2v) is 2.75. The smallest absolute Gasteiger partial charge is 0.0576 e. The molecule has 0 spiro atoms. The molecule has 0 aromatic heterocycles. The van der Waals surface area contributed by atoms with E-state index in [-0.39, 0.29) is 0 Å². The zero-order chi connectivity index (χ0) is 7.28. The number of azide groups is 1. The molecule has 0 rings (SSSR count). The molecule has 9 heavy (non-hydrogen) atoms. The first-order valence-corrected chi connectivity index (χ1v) is 3.30. The number of hydrogen-bond acceptors (Lipinski definition) is 1. The summed E-state index contributed by atoms with van der Waals surface area (Å²) < 4.78 is 0.959. The van der Waals surface area contributed by atoms with Gasteiger partial charge in [0.1, 0.15) is 0 Å². The van der Waals surface area contributed by atoms with Crippen LogP contribution in [-0.2, 0) is 0 Å². The van der Waals surface area contributed by atoms with Gasteiger partial charge in [-0.05, 0) is 23.9 Å². The lowest BCUT2D eigenvalue weighted by molar-refractivity contribution is 1.16. The predicted octanol–water partition coefficient (Wildman–Crippen LogP) is 2.99. The number of rotatable bonds is 2. The molecule has 0 radical (unpaired) electrons. The standard InChI is InChI=1S/C5H8BrN3/c1-4(2)5(6)3-8-9-7/h3H2,1-2H3.